The molecule has 1 N–H and O–H groups in total. The van der Waals surface area contributed by atoms with E-state index in [9.17, 15) is 26.3 Å². The molecule has 0 fully saturated rings. The largest absolute Gasteiger partial charge is 0.446 e. The molecule has 0 amide bonds. The highest BCUT2D eigenvalue weighted by Crippen LogP contribution is 2.47. The van der Waals surface area contributed by atoms with Crippen LogP contribution in [0.4, 0.5) is 26.3 Å². The normalized spacial score (nSPS) is 12.3. The number of nitrogens with one attached hydrogen (secondary N) is 1. The SMILES string of the molecule is N#Cc1c(-c2cc(Cl)cc(Cl)c2)[nH]c(C(F)(F)F)c1SC(F)(F)F. The zero-order valence-corrected chi connectivity index (χ0v) is 13.4. The molecule has 11 heteroatoms. The minimum Gasteiger partial charge on any atom is -0.349 e. The molecule has 2 rings (SSSR count). The van der Waals surface area contributed by atoms with Crippen LogP contribution in [0, 0.1) is 11.3 Å². The third-order valence-electron chi connectivity index (χ3n) is 2.72. The van der Waals surface area contributed by atoms with E-state index in [2.05, 4.69) is 0 Å². The summed E-state index contributed by atoms with van der Waals surface area (Å²) in [5.41, 5.74) is -7.93. The number of nitrogens with zero attached hydrogens (tertiary/aromatic N) is 1. The van der Waals surface area contributed by atoms with E-state index in [0.29, 0.717) is 0 Å². The van der Waals surface area contributed by atoms with Gasteiger partial charge in [-0.2, -0.15) is 31.6 Å². The maximum atomic E-state index is 13.1. The first-order valence-electron chi connectivity index (χ1n) is 5.88. The van der Waals surface area contributed by atoms with Gasteiger partial charge in [0, 0.05) is 15.6 Å². The molecule has 0 aliphatic rings. The minimum atomic E-state index is -5.11. The van der Waals surface area contributed by atoms with Crippen molar-refractivity contribution in [1.82, 2.24) is 4.98 Å². The van der Waals surface area contributed by atoms with Crippen molar-refractivity contribution < 1.29 is 26.3 Å². The number of benzene rings is 1. The molecule has 128 valence electrons. The quantitative estimate of drug-likeness (QED) is 0.458. The standard InChI is InChI=1S/C13H4Cl2F6N2S/c14-6-1-5(2-7(15)3-6)9-8(4-22)10(24-13(19,20)21)11(23-9)12(16,17)18/h1-3,23H. The summed E-state index contributed by atoms with van der Waals surface area (Å²) < 4.78 is 76.9. The van der Waals surface area contributed by atoms with Crippen molar-refractivity contribution in [3.05, 3.63) is 39.5 Å². The average molecular weight is 405 g/mol. The fourth-order valence-electron chi connectivity index (χ4n) is 1.92. The van der Waals surface area contributed by atoms with Crippen LogP contribution in [-0.2, 0) is 6.18 Å². The lowest BCUT2D eigenvalue weighted by Crippen LogP contribution is -2.09. The number of alkyl halides is 6. The van der Waals surface area contributed by atoms with Crippen molar-refractivity contribution in [3.63, 3.8) is 0 Å². The summed E-state index contributed by atoms with van der Waals surface area (Å²) >= 11 is 10.5. The number of hydrogen-bond acceptors (Lipinski definition) is 2. The zero-order chi connectivity index (χ0) is 18.3. The predicted molar refractivity (Wildman–Crippen MR) is 77.9 cm³/mol. The van der Waals surface area contributed by atoms with Gasteiger partial charge in [-0.05, 0) is 30.0 Å². The Balaban J connectivity index is 2.76. The summed E-state index contributed by atoms with van der Waals surface area (Å²) in [5, 5.41) is 9.19. The molecular weight excluding hydrogens is 401 g/mol. The number of halogens is 8. The highest BCUT2D eigenvalue weighted by molar-refractivity contribution is 8.00. The average Bonchev–Trinajstić information content (AvgIpc) is 2.73. The van der Waals surface area contributed by atoms with Crippen LogP contribution in [0.5, 0.6) is 0 Å². The smallest absolute Gasteiger partial charge is 0.349 e. The van der Waals surface area contributed by atoms with Crippen LogP contribution in [0.15, 0.2) is 23.1 Å². The van der Waals surface area contributed by atoms with E-state index in [-0.39, 0.29) is 15.6 Å². The number of rotatable bonds is 2. The Bertz CT molecular complexity index is 799. The molecule has 2 nitrogen and oxygen atoms in total. The van der Waals surface area contributed by atoms with Gasteiger partial charge in [-0.1, -0.05) is 23.2 Å². The molecule has 1 aromatic carbocycles. The number of hydrogen-bond donors (Lipinski definition) is 1. The second-order valence-corrected chi connectivity index (χ2v) is 6.34. The minimum absolute atomic E-state index is 0.0384. The van der Waals surface area contributed by atoms with Gasteiger partial charge in [-0.25, -0.2) is 0 Å². The second kappa shape index (κ2) is 6.43. The van der Waals surface area contributed by atoms with Crippen molar-refractivity contribution in [1.29, 1.82) is 5.26 Å². The van der Waals surface area contributed by atoms with Crippen molar-refractivity contribution in [3.8, 4) is 17.3 Å². The van der Waals surface area contributed by atoms with E-state index in [0.717, 1.165) is 0 Å². The van der Waals surface area contributed by atoms with Gasteiger partial charge in [-0.15, -0.1) is 0 Å². The monoisotopic (exact) mass is 404 g/mol. The third-order valence-corrected chi connectivity index (χ3v) is 4.00. The second-order valence-electron chi connectivity index (χ2n) is 4.39. The van der Waals surface area contributed by atoms with E-state index in [1.165, 1.54) is 24.3 Å². The molecule has 1 aromatic heterocycles. The van der Waals surface area contributed by atoms with Crippen molar-refractivity contribution >= 4 is 35.0 Å². The number of H-pyrrole nitrogens is 1. The maximum Gasteiger partial charge on any atom is 0.446 e. The third kappa shape index (κ3) is 4.12. The molecule has 0 aliphatic carbocycles. The first-order chi connectivity index (χ1) is 10.9. The lowest BCUT2D eigenvalue weighted by atomic mass is 10.1. The topological polar surface area (TPSA) is 39.6 Å². The van der Waals surface area contributed by atoms with Crippen LogP contribution in [0.1, 0.15) is 11.3 Å². The predicted octanol–water partition coefficient (Wildman–Crippen LogP) is 6.49. The van der Waals surface area contributed by atoms with E-state index in [4.69, 9.17) is 28.5 Å². The summed E-state index contributed by atoms with van der Waals surface area (Å²) in [6.45, 7) is 0. The highest BCUT2D eigenvalue weighted by atomic mass is 35.5. The van der Waals surface area contributed by atoms with Gasteiger partial charge in [0.1, 0.15) is 11.8 Å². The van der Waals surface area contributed by atoms with Crippen molar-refractivity contribution in [2.24, 2.45) is 0 Å². The Morgan fingerprint density at radius 1 is 1.00 bits per heavy atom. The fourth-order valence-corrected chi connectivity index (χ4v) is 3.20. The zero-order valence-electron chi connectivity index (χ0n) is 11.1. The van der Waals surface area contributed by atoms with Crippen molar-refractivity contribution in [2.45, 2.75) is 16.6 Å². The Labute approximate surface area is 145 Å². The number of aromatic nitrogens is 1. The molecular formula is C13H4Cl2F6N2S. The van der Waals surface area contributed by atoms with Crippen LogP contribution in [0.25, 0.3) is 11.3 Å². The Kier molecular flexibility index (Phi) is 5.04. The van der Waals surface area contributed by atoms with E-state index in [1.807, 2.05) is 4.98 Å². The molecule has 0 spiro atoms. The van der Waals surface area contributed by atoms with Crippen molar-refractivity contribution in [2.75, 3.05) is 0 Å². The number of nitriles is 1. The highest BCUT2D eigenvalue weighted by Gasteiger charge is 2.43. The first-order valence-corrected chi connectivity index (χ1v) is 7.45. The summed E-state index contributed by atoms with van der Waals surface area (Å²) in [4.78, 5) is 0.602. The molecule has 0 aliphatic heterocycles. The Morgan fingerprint density at radius 3 is 1.96 bits per heavy atom. The van der Waals surface area contributed by atoms with Crippen LogP contribution in [0.3, 0.4) is 0 Å². The number of aromatic amines is 1. The van der Waals surface area contributed by atoms with Gasteiger partial charge in [0.2, 0.25) is 0 Å². The Hall–Kier alpha value is -1.50. The summed E-state index contributed by atoms with van der Waals surface area (Å²) in [7, 11) is 0. The molecule has 0 unspecified atom stereocenters. The summed E-state index contributed by atoms with van der Waals surface area (Å²) in [6, 6.07) is 5.03. The summed E-state index contributed by atoms with van der Waals surface area (Å²) in [6.07, 6.45) is -5.11. The molecule has 2 aromatic rings. The fraction of sp³-hybridized carbons (Fsp3) is 0.154. The van der Waals surface area contributed by atoms with Crippen LogP contribution >= 0.6 is 35.0 Å². The van der Waals surface area contributed by atoms with Crippen LogP contribution in [-0.4, -0.2) is 10.5 Å². The van der Waals surface area contributed by atoms with Gasteiger partial charge in [-0.3, -0.25) is 0 Å². The van der Waals surface area contributed by atoms with Gasteiger partial charge >= 0.3 is 11.7 Å². The number of thioether (sulfide) groups is 1. The van der Waals surface area contributed by atoms with Crippen LogP contribution < -0.4 is 0 Å². The first kappa shape index (κ1) is 18.8. The molecule has 1 heterocycles. The molecule has 0 atom stereocenters. The molecule has 0 saturated carbocycles. The van der Waals surface area contributed by atoms with E-state index in [1.54, 1.807) is 0 Å². The lowest BCUT2D eigenvalue weighted by molar-refractivity contribution is -0.143. The van der Waals surface area contributed by atoms with Gasteiger partial charge < -0.3 is 4.98 Å². The molecule has 24 heavy (non-hydrogen) atoms. The van der Waals surface area contributed by atoms with Gasteiger partial charge in [0.25, 0.3) is 0 Å². The molecule has 0 bridgehead atoms. The van der Waals surface area contributed by atoms with Gasteiger partial charge in [0.15, 0.2) is 0 Å². The van der Waals surface area contributed by atoms with E-state index >= 15 is 0 Å². The molecule has 0 radical (unpaired) electrons. The lowest BCUT2D eigenvalue weighted by Gasteiger charge is -2.09. The van der Waals surface area contributed by atoms with Crippen LogP contribution in [0.2, 0.25) is 10.0 Å². The summed E-state index contributed by atoms with van der Waals surface area (Å²) in [5.74, 6) is 0. The van der Waals surface area contributed by atoms with Gasteiger partial charge in [0.05, 0.1) is 16.2 Å². The molecule has 0 saturated heterocycles. The Morgan fingerprint density at radius 2 is 1.54 bits per heavy atom. The van der Waals surface area contributed by atoms with E-state index < -0.39 is 45.3 Å². The maximum absolute atomic E-state index is 13.1.